The molecular formula is C27H29ClN4O3S2. The quantitative estimate of drug-likeness (QED) is 0.214. The summed E-state index contributed by atoms with van der Waals surface area (Å²) in [6.45, 7) is 3.03. The van der Waals surface area contributed by atoms with Crippen LogP contribution in [0.25, 0.3) is 0 Å². The van der Waals surface area contributed by atoms with Crippen LogP contribution in [0.5, 0.6) is 11.5 Å². The van der Waals surface area contributed by atoms with Crippen molar-refractivity contribution in [2.24, 2.45) is 0 Å². The number of pyridine rings is 1. The topological polar surface area (TPSA) is 76.6 Å². The number of hydrogen-bond donors (Lipinski definition) is 1. The molecule has 1 unspecified atom stereocenters. The summed E-state index contributed by atoms with van der Waals surface area (Å²) in [4.78, 5) is 9.50. The number of hydrogen-bond acceptors (Lipinski definition) is 7. The summed E-state index contributed by atoms with van der Waals surface area (Å²) < 4.78 is 26.4. The van der Waals surface area contributed by atoms with Crippen molar-refractivity contribution in [1.82, 2.24) is 9.97 Å². The Morgan fingerprint density at radius 2 is 1.92 bits per heavy atom. The van der Waals surface area contributed by atoms with Gasteiger partial charge in [-0.05, 0) is 48.4 Å². The van der Waals surface area contributed by atoms with Gasteiger partial charge in [0.1, 0.15) is 11.5 Å². The monoisotopic (exact) mass is 556 g/mol. The predicted molar refractivity (Wildman–Crippen MR) is 151 cm³/mol. The minimum absolute atomic E-state index is 0.324. The predicted octanol–water partition coefficient (Wildman–Crippen LogP) is 6.50. The number of rotatable bonds is 12. The molecule has 0 fully saturated rings. The van der Waals surface area contributed by atoms with Gasteiger partial charge in [-0.1, -0.05) is 31.0 Å². The third kappa shape index (κ3) is 6.60. The minimum Gasteiger partial charge on any atom is -0.497 e. The van der Waals surface area contributed by atoms with Gasteiger partial charge in [0, 0.05) is 29.4 Å². The summed E-state index contributed by atoms with van der Waals surface area (Å²) in [5.74, 6) is 1.33. The Hall–Kier alpha value is -3.14. The molecule has 0 bridgehead atoms. The van der Waals surface area contributed by atoms with E-state index in [2.05, 4.69) is 28.3 Å². The molecule has 4 aromatic rings. The van der Waals surface area contributed by atoms with Crippen LogP contribution in [0.4, 0.5) is 10.8 Å². The molecule has 2 heterocycles. The van der Waals surface area contributed by atoms with E-state index in [-0.39, 0.29) is 0 Å². The van der Waals surface area contributed by atoms with E-state index in [4.69, 9.17) is 21.1 Å². The molecule has 0 saturated carbocycles. The zero-order valence-corrected chi connectivity index (χ0v) is 23.3. The molecule has 0 spiro atoms. The Labute approximate surface area is 229 Å². The lowest BCUT2D eigenvalue weighted by Crippen LogP contribution is -2.25. The third-order valence-corrected chi connectivity index (χ3v) is 8.32. The van der Waals surface area contributed by atoms with Gasteiger partial charge in [0.15, 0.2) is 16.1 Å². The van der Waals surface area contributed by atoms with E-state index < -0.39 is 11.0 Å². The van der Waals surface area contributed by atoms with E-state index in [1.54, 1.807) is 37.0 Å². The van der Waals surface area contributed by atoms with Gasteiger partial charge in [0.25, 0.3) is 0 Å². The molecule has 1 atom stereocenters. The molecule has 0 amide bonds. The summed E-state index contributed by atoms with van der Waals surface area (Å²) in [7, 11) is 1.64. The van der Waals surface area contributed by atoms with Crippen LogP contribution in [0, 0.1) is 0 Å². The second-order valence-electron chi connectivity index (χ2n) is 8.13. The number of aromatic nitrogens is 2. The van der Waals surface area contributed by atoms with Crippen LogP contribution in [0.15, 0.2) is 71.2 Å². The molecule has 10 heteroatoms. The van der Waals surface area contributed by atoms with Crippen LogP contribution >= 0.6 is 22.9 Å². The van der Waals surface area contributed by atoms with Gasteiger partial charge in [-0.2, -0.15) is 0 Å². The van der Waals surface area contributed by atoms with Gasteiger partial charge in [-0.15, -0.1) is 11.3 Å². The number of thiazole rings is 1. The second-order valence-corrected chi connectivity index (χ2v) is 10.8. The number of methoxy groups -OCH3 is 2. The lowest BCUT2D eigenvalue weighted by Gasteiger charge is -2.22. The maximum Gasteiger partial charge on any atom is 0.197 e. The molecule has 0 radical (unpaired) electrons. The largest absolute Gasteiger partial charge is 0.497 e. The van der Waals surface area contributed by atoms with E-state index in [0.717, 1.165) is 29.8 Å². The lowest BCUT2D eigenvalue weighted by molar-refractivity contribution is 0.391. The van der Waals surface area contributed by atoms with E-state index in [1.807, 2.05) is 41.8 Å². The highest BCUT2D eigenvalue weighted by molar-refractivity contribution is 7.86. The summed E-state index contributed by atoms with van der Waals surface area (Å²) in [5, 5.41) is 6.35. The zero-order valence-electron chi connectivity index (χ0n) is 20.9. The van der Waals surface area contributed by atoms with Crippen LogP contribution in [-0.2, 0) is 30.5 Å². The van der Waals surface area contributed by atoms with Crippen molar-refractivity contribution in [2.75, 3.05) is 23.8 Å². The molecule has 0 aliphatic heterocycles. The zero-order chi connectivity index (χ0) is 26.2. The maximum atomic E-state index is 13.8. The Kier molecular flexibility index (Phi) is 9.38. The Morgan fingerprint density at radius 1 is 1.05 bits per heavy atom. The molecule has 2 aromatic carbocycles. The van der Waals surface area contributed by atoms with Gasteiger partial charge in [0.2, 0.25) is 0 Å². The van der Waals surface area contributed by atoms with Crippen molar-refractivity contribution in [1.29, 1.82) is 0 Å². The number of aryl methyl sites for hydroxylation is 1. The number of benzene rings is 2. The van der Waals surface area contributed by atoms with Crippen molar-refractivity contribution in [3.63, 3.8) is 0 Å². The molecule has 0 aliphatic carbocycles. The average molecular weight is 557 g/mol. The van der Waals surface area contributed by atoms with E-state index in [9.17, 15) is 4.21 Å². The molecule has 2 aromatic heterocycles. The molecule has 1 N–H and O–H groups in total. The standard InChI is InChI=1S/C27H29ClN4O3S2/c1-4-6-19-7-5-12-29-25(19)17-31-24-11-10-22(16-23(24)28)37(33)32(27-30-13-14-36-27)18-20-8-9-21(34-2)15-26(20)35-3/h5,7-16,31H,4,6,17-18H2,1-3H3. The molecule has 0 saturated heterocycles. The Balaban J connectivity index is 1.55. The fourth-order valence-corrected chi connectivity index (χ4v) is 6.15. The first kappa shape index (κ1) is 26.9. The molecule has 0 aliphatic rings. The van der Waals surface area contributed by atoms with Crippen LogP contribution in [-0.4, -0.2) is 28.4 Å². The smallest absolute Gasteiger partial charge is 0.197 e. The van der Waals surface area contributed by atoms with E-state index in [1.165, 1.54) is 16.9 Å². The SMILES string of the molecule is CCCc1cccnc1CNc1ccc(S(=O)N(Cc2ccc(OC)cc2OC)c2nccs2)cc1Cl. The van der Waals surface area contributed by atoms with Crippen molar-refractivity contribution in [3.8, 4) is 11.5 Å². The number of nitrogens with zero attached hydrogens (tertiary/aromatic N) is 3. The van der Waals surface area contributed by atoms with Crippen molar-refractivity contribution in [3.05, 3.63) is 88.1 Å². The van der Waals surface area contributed by atoms with Gasteiger partial charge in [-0.25, -0.2) is 9.19 Å². The van der Waals surface area contributed by atoms with Gasteiger partial charge >= 0.3 is 0 Å². The van der Waals surface area contributed by atoms with E-state index >= 15 is 0 Å². The van der Waals surface area contributed by atoms with Crippen molar-refractivity contribution < 1.29 is 13.7 Å². The van der Waals surface area contributed by atoms with Crippen LogP contribution in [0.3, 0.4) is 0 Å². The van der Waals surface area contributed by atoms with Crippen LogP contribution in [0.2, 0.25) is 5.02 Å². The Morgan fingerprint density at radius 3 is 2.62 bits per heavy atom. The number of anilines is 2. The molecular weight excluding hydrogens is 528 g/mol. The fourth-order valence-electron chi connectivity index (χ4n) is 3.85. The molecule has 4 rings (SSSR count). The summed E-state index contributed by atoms with van der Waals surface area (Å²) >= 11 is 8.05. The summed E-state index contributed by atoms with van der Waals surface area (Å²) in [5.41, 5.74) is 3.83. The Bertz CT molecular complexity index is 1350. The second kappa shape index (κ2) is 12.9. The highest BCUT2D eigenvalue weighted by Crippen LogP contribution is 2.32. The van der Waals surface area contributed by atoms with Gasteiger partial charge in [-0.3, -0.25) is 9.29 Å². The number of ether oxygens (including phenoxy) is 2. The van der Waals surface area contributed by atoms with Crippen LogP contribution < -0.4 is 19.1 Å². The first-order valence-electron chi connectivity index (χ1n) is 11.8. The summed E-state index contributed by atoms with van der Waals surface area (Å²) in [6.07, 6.45) is 5.52. The highest BCUT2D eigenvalue weighted by atomic mass is 35.5. The van der Waals surface area contributed by atoms with Crippen molar-refractivity contribution >= 4 is 44.7 Å². The normalized spacial score (nSPS) is 11.7. The number of halogens is 1. The van der Waals surface area contributed by atoms with Gasteiger partial charge < -0.3 is 14.8 Å². The molecule has 194 valence electrons. The minimum atomic E-state index is -1.56. The summed E-state index contributed by atoms with van der Waals surface area (Å²) in [6, 6.07) is 15.0. The number of nitrogens with one attached hydrogen (secondary N) is 1. The third-order valence-electron chi connectivity index (χ3n) is 5.73. The molecule has 37 heavy (non-hydrogen) atoms. The van der Waals surface area contributed by atoms with Gasteiger partial charge in [0.05, 0.1) is 48.6 Å². The average Bonchev–Trinajstić information content (AvgIpc) is 3.46. The first-order valence-corrected chi connectivity index (χ1v) is 14.2. The molecule has 7 nitrogen and oxygen atoms in total. The fraction of sp³-hybridized carbons (Fsp3) is 0.259. The lowest BCUT2D eigenvalue weighted by atomic mass is 10.1. The maximum absolute atomic E-state index is 13.8. The first-order chi connectivity index (χ1) is 18.0. The van der Waals surface area contributed by atoms with Crippen molar-refractivity contribution in [2.45, 2.75) is 37.8 Å². The van der Waals surface area contributed by atoms with E-state index in [0.29, 0.717) is 39.6 Å². The van der Waals surface area contributed by atoms with Crippen LogP contribution in [0.1, 0.15) is 30.2 Å². The highest BCUT2D eigenvalue weighted by Gasteiger charge is 2.22.